The Balaban J connectivity index is 1.95. The summed E-state index contributed by atoms with van der Waals surface area (Å²) in [5.74, 6) is 1.18. The second kappa shape index (κ2) is 4.31. The Bertz CT molecular complexity index is 601. The molecule has 1 aliphatic carbocycles. The minimum atomic E-state index is -0.600. The third kappa shape index (κ3) is 2.24. The van der Waals surface area contributed by atoms with E-state index in [1.165, 1.54) is 17.0 Å². The summed E-state index contributed by atoms with van der Waals surface area (Å²) in [5, 5.41) is 16.3. The number of rotatable bonds is 3. The Morgan fingerprint density at radius 2 is 2.05 bits per heavy atom. The highest BCUT2D eigenvalue weighted by Gasteiger charge is 2.27. The fourth-order valence-corrected chi connectivity index (χ4v) is 2.02. The summed E-state index contributed by atoms with van der Waals surface area (Å²) in [4.78, 5) is 12.9. The molecule has 98 valence electrons. The van der Waals surface area contributed by atoms with E-state index in [0.29, 0.717) is 17.4 Å². The summed E-state index contributed by atoms with van der Waals surface area (Å²) >= 11 is 0. The van der Waals surface area contributed by atoms with Crippen LogP contribution in [-0.2, 0) is 0 Å². The SMILES string of the molecule is NC(=O)N(c1ccc(O)cc1)c1cc(C2CC2)n[nH]1. The number of aromatic amines is 1. The van der Waals surface area contributed by atoms with Gasteiger partial charge in [-0.25, -0.2) is 9.69 Å². The van der Waals surface area contributed by atoms with Crippen molar-refractivity contribution in [2.45, 2.75) is 18.8 Å². The lowest BCUT2D eigenvalue weighted by molar-refractivity contribution is 0.256. The van der Waals surface area contributed by atoms with Crippen LogP contribution in [0.15, 0.2) is 30.3 Å². The van der Waals surface area contributed by atoms with Crippen molar-refractivity contribution in [3.05, 3.63) is 36.0 Å². The average Bonchev–Trinajstić information content (AvgIpc) is 3.12. The molecule has 0 unspecified atom stereocenters. The molecule has 1 saturated carbocycles. The van der Waals surface area contributed by atoms with E-state index in [4.69, 9.17) is 5.73 Å². The molecule has 0 bridgehead atoms. The first-order chi connectivity index (χ1) is 9.15. The molecule has 0 atom stereocenters. The number of hydrogen-bond donors (Lipinski definition) is 3. The second-order valence-electron chi connectivity index (χ2n) is 4.64. The largest absolute Gasteiger partial charge is 0.508 e. The Hall–Kier alpha value is -2.50. The molecule has 6 heteroatoms. The molecule has 0 radical (unpaired) electrons. The van der Waals surface area contributed by atoms with Gasteiger partial charge in [0.15, 0.2) is 0 Å². The normalized spacial score (nSPS) is 14.3. The van der Waals surface area contributed by atoms with Crippen LogP contribution in [-0.4, -0.2) is 21.3 Å². The maximum Gasteiger partial charge on any atom is 0.325 e. The molecular weight excluding hydrogens is 244 g/mol. The van der Waals surface area contributed by atoms with Gasteiger partial charge >= 0.3 is 6.03 Å². The average molecular weight is 258 g/mol. The van der Waals surface area contributed by atoms with E-state index in [-0.39, 0.29) is 5.75 Å². The number of carbonyl (C=O) groups excluding carboxylic acids is 1. The molecule has 1 aromatic heterocycles. The number of aromatic nitrogens is 2. The number of amides is 2. The Morgan fingerprint density at radius 3 is 2.63 bits per heavy atom. The number of urea groups is 1. The van der Waals surface area contributed by atoms with Crippen molar-refractivity contribution in [3.8, 4) is 5.75 Å². The molecular formula is C13H14N4O2. The first-order valence-corrected chi connectivity index (χ1v) is 6.09. The zero-order chi connectivity index (χ0) is 13.4. The van der Waals surface area contributed by atoms with Gasteiger partial charge in [-0.3, -0.25) is 5.10 Å². The highest BCUT2D eigenvalue weighted by Crippen LogP contribution is 2.40. The number of aromatic hydroxyl groups is 1. The van der Waals surface area contributed by atoms with Gasteiger partial charge in [-0.2, -0.15) is 5.10 Å². The summed E-state index contributed by atoms with van der Waals surface area (Å²) in [6.45, 7) is 0. The summed E-state index contributed by atoms with van der Waals surface area (Å²) in [7, 11) is 0. The van der Waals surface area contributed by atoms with Crippen LogP contribution in [0.4, 0.5) is 16.3 Å². The van der Waals surface area contributed by atoms with Crippen LogP contribution in [0.3, 0.4) is 0 Å². The molecule has 3 rings (SSSR count). The lowest BCUT2D eigenvalue weighted by Crippen LogP contribution is -2.31. The van der Waals surface area contributed by atoms with E-state index in [0.717, 1.165) is 18.5 Å². The van der Waals surface area contributed by atoms with Crippen molar-refractivity contribution in [1.29, 1.82) is 0 Å². The summed E-state index contributed by atoms with van der Waals surface area (Å²) in [5.41, 5.74) is 6.95. The van der Waals surface area contributed by atoms with Crippen LogP contribution in [0.5, 0.6) is 5.75 Å². The zero-order valence-corrected chi connectivity index (χ0v) is 10.2. The number of hydrogen-bond acceptors (Lipinski definition) is 3. The smallest absolute Gasteiger partial charge is 0.325 e. The summed E-state index contributed by atoms with van der Waals surface area (Å²) < 4.78 is 0. The number of H-pyrrole nitrogens is 1. The van der Waals surface area contributed by atoms with Crippen LogP contribution in [0.25, 0.3) is 0 Å². The number of nitrogens with one attached hydrogen (secondary N) is 1. The van der Waals surface area contributed by atoms with E-state index < -0.39 is 6.03 Å². The monoisotopic (exact) mass is 258 g/mol. The third-order valence-corrected chi connectivity index (χ3v) is 3.15. The Morgan fingerprint density at radius 1 is 1.37 bits per heavy atom. The molecule has 4 N–H and O–H groups in total. The van der Waals surface area contributed by atoms with Crippen LogP contribution >= 0.6 is 0 Å². The van der Waals surface area contributed by atoms with E-state index in [9.17, 15) is 9.90 Å². The number of benzene rings is 1. The van der Waals surface area contributed by atoms with Gasteiger partial charge in [-0.15, -0.1) is 0 Å². The predicted octanol–water partition coefficient (Wildman–Crippen LogP) is 2.21. The predicted molar refractivity (Wildman–Crippen MR) is 70.4 cm³/mol. The van der Waals surface area contributed by atoms with E-state index in [1.54, 1.807) is 12.1 Å². The molecule has 2 aromatic rings. The van der Waals surface area contributed by atoms with Gasteiger partial charge in [-0.05, 0) is 37.1 Å². The first-order valence-electron chi connectivity index (χ1n) is 6.09. The molecule has 0 spiro atoms. The highest BCUT2D eigenvalue weighted by molar-refractivity contribution is 5.97. The van der Waals surface area contributed by atoms with Crippen molar-refractivity contribution >= 4 is 17.5 Å². The number of carbonyl (C=O) groups is 1. The number of nitrogens with zero attached hydrogens (tertiary/aromatic N) is 2. The van der Waals surface area contributed by atoms with Gasteiger partial charge in [0.25, 0.3) is 0 Å². The number of primary amides is 1. The quantitative estimate of drug-likeness (QED) is 0.787. The molecule has 1 aliphatic rings. The van der Waals surface area contributed by atoms with Gasteiger partial charge in [0.2, 0.25) is 0 Å². The van der Waals surface area contributed by atoms with Crippen molar-refractivity contribution in [1.82, 2.24) is 10.2 Å². The topological polar surface area (TPSA) is 95.2 Å². The number of anilines is 2. The van der Waals surface area contributed by atoms with Gasteiger partial charge in [-0.1, -0.05) is 0 Å². The molecule has 6 nitrogen and oxygen atoms in total. The first kappa shape index (κ1) is 11.6. The van der Waals surface area contributed by atoms with Crippen LogP contribution in [0, 0.1) is 0 Å². The Kier molecular flexibility index (Phi) is 2.63. The van der Waals surface area contributed by atoms with Gasteiger partial charge < -0.3 is 10.8 Å². The van der Waals surface area contributed by atoms with Crippen molar-refractivity contribution in [2.24, 2.45) is 5.73 Å². The molecule has 2 amide bonds. The second-order valence-corrected chi connectivity index (χ2v) is 4.64. The van der Waals surface area contributed by atoms with E-state index in [1.807, 2.05) is 6.07 Å². The fraction of sp³-hybridized carbons (Fsp3) is 0.231. The summed E-state index contributed by atoms with van der Waals surface area (Å²) in [6.07, 6.45) is 2.28. The minimum absolute atomic E-state index is 0.136. The maximum atomic E-state index is 11.6. The van der Waals surface area contributed by atoms with Gasteiger partial charge in [0, 0.05) is 12.0 Å². The lowest BCUT2D eigenvalue weighted by Gasteiger charge is -2.18. The van der Waals surface area contributed by atoms with E-state index in [2.05, 4.69) is 10.2 Å². The lowest BCUT2D eigenvalue weighted by atomic mass is 10.2. The van der Waals surface area contributed by atoms with Gasteiger partial charge in [0.1, 0.15) is 11.6 Å². The number of nitrogens with two attached hydrogens (primary N) is 1. The minimum Gasteiger partial charge on any atom is -0.508 e. The molecule has 1 aromatic carbocycles. The third-order valence-electron chi connectivity index (χ3n) is 3.15. The molecule has 0 aliphatic heterocycles. The molecule has 1 fully saturated rings. The van der Waals surface area contributed by atoms with Crippen LogP contribution in [0.2, 0.25) is 0 Å². The number of phenolic OH excluding ortho intramolecular Hbond substituents is 1. The Labute approximate surface area is 109 Å². The standard InChI is InChI=1S/C13H14N4O2/c14-13(19)17(9-3-5-10(18)6-4-9)12-7-11(15-16-12)8-1-2-8/h3-8,18H,1-2H2,(H2,14,19)(H,15,16). The molecule has 1 heterocycles. The van der Waals surface area contributed by atoms with Crippen LogP contribution < -0.4 is 10.6 Å². The number of phenols is 1. The zero-order valence-electron chi connectivity index (χ0n) is 10.2. The van der Waals surface area contributed by atoms with Crippen molar-refractivity contribution < 1.29 is 9.90 Å². The van der Waals surface area contributed by atoms with Crippen molar-refractivity contribution in [2.75, 3.05) is 4.90 Å². The molecule has 0 saturated heterocycles. The van der Waals surface area contributed by atoms with Crippen molar-refractivity contribution in [3.63, 3.8) is 0 Å². The maximum absolute atomic E-state index is 11.6. The summed E-state index contributed by atoms with van der Waals surface area (Å²) in [6, 6.07) is 7.49. The van der Waals surface area contributed by atoms with E-state index >= 15 is 0 Å². The van der Waals surface area contributed by atoms with Gasteiger partial charge in [0.05, 0.1) is 11.4 Å². The highest BCUT2D eigenvalue weighted by atomic mass is 16.3. The molecule has 19 heavy (non-hydrogen) atoms. The van der Waals surface area contributed by atoms with Crippen LogP contribution in [0.1, 0.15) is 24.5 Å². The fourth-order valence-electron chi connectivity index (χ4n) is 2.02.